The predicted molar refractivity (Wildman–Crippen MR) is 83.9 cm³/mol. The number of nitrogens with one attached hydrogen (secondary N) is 1. The lowest BCUT2D eigenvalue weighted by molar-refractivity contribution is 0.183. The molecule has 0 saturated heterocycles. The molecule has 0 saturated carbocycles. The smallest absolute Gasteiger partial charge is 0.124 e. The molecule has 0 aliphatic rings. The van der Waals surface area contributed by atoms with E-state index >= 15 is 0 Å². The maximum Gasteiger partial charge on any atom is 0.124 e. The Kier molecular flexibility index (Phi) is 5.22. The van der Waals surface area contributed by atoms with Crippen LogP contribution in [-0.4, -0.2) is 30.6 Å². The van der Waals surface area contributed by atoms with E-state index in [1.54, 1.807) is 14.2 Å². The second-order valence-electron chi connectivity index (χ2n) is 5.10. The molecule has 0 fully saturated rings. The van der Waals surface area contributed by atoms with Crippen LogP contribution >= 0.6 is 0 Å². The number of aromatic nitrogens is 2. The first-order valence-corrected chi connectivity index (χ1v) is 7.06. The van der Waals surface area contributed by atoms with Crippen LogP contribution in [0.5, 0.6) is 5.75 Å². The quantitative estimate of drug-likeness (QED) is 0.851. The van der Waals surface area contributed by atoms with Crippen molar-refractivity contribution < 1.29 is 9.47 Å². The van der Waals surface area contributed by atoms with Crippen LogP contribution in [0.1, 0.15) is 24.1 Å². The van der Waals surface area contributed by atoms with E-state index in [2.05, 4.69) is 42.5 Å². The zero-order chi connectivity index (χ0) is 15.2. The number of hydrogen-bond donors (Lipinski definition) is 1. The molecule has 0 aliphatic carbocycles. The molecular weight excluding hydrogens is 266 g/mol. The van der Waals surface area contributed by atoms with Gasteiger partial charge in [-0.2, -0.15) is 5.10 Å². The van der Waals surface area contributed by atoms with Crippen molar-refractivity contribution >= 4 is 5.69 Å². The molecule has 5 nitrogen and oxygen atoms in total. The highest BCUT2D eigenvalue weighted by Gasteiger charge is 2.12. The molecule has 0 bridgehead atoms. The van der Waals surface area contributed by atoms with Crippen molar-refractivity contribution in [3.8, 4) is 5.75 Å². The van der Waals surface area contributed by atoms with E-state index in [9.17, 15) is 0 Å². The predicted octanol–water partition coefficient (Wildman–Crippen LogP) is 3.02. The van der Waals surface area contributed by atoms with Crippen LogP contribution in [0, 0.1) is 6.92 Å². The van der Waals surface area contributed by atoms with Gasteiger partial charge < -0.3 is 14.8 Å². The second-order valence-corrected chi connectivity index (χ2v) is 5.10. The molecule has 2 rings (SSSR count). The molecule has 1 aromatic carbocycles. The van der Waals surface area contributed by atoms with Gasteiger partial charge >= 0.3 is 0 Å². The molecule has 1 unspecified atom stereocenters. The molecule has 0 spiro atoms. The van der Waals surface area contributed by atoms with Crippen molar-refractivity contribution in [1.82, 2.24) is 9.78 Å². The van der Waals surface area contributed by atoms with Crippen molar-refractivity contribution in [1.29, 1.82) is 0 Å². The number of ether oxygens (including phenoxy) is 2. The van der Waals surface area contributed by atoms with E-state index in [1.807, 2.05) is 17.1 Å². The van der Waals surface area contributed by atoms with E-state index in [4.69, 9.17) is 9.47 Å². The Morgan fingerprint density at radius 3 is 2.86 bits per heavy atom. The summed E-state index contributed by atoms with van der Waals surface area (Å²) in [5.41, 5.74) is 3.31. The molecule has 2 aromatic rings. The third-order valence-corrected chi connectivity index (χ3v) is 3.40. The standard InChI is InChI=1S/C16H23N3O2/c1-12-5-6-15(16(9-12)21-4)13(2)18-14-10-17-19(11-14)7-8-20-3/h5-6,9-11,13,18H,7-8H2,1-4H3. The molecule has 5 heteroatoms. The fourth-order valence-corrected chi connectivity index (χ4v) is 2.25. The lowest BCUT2D eigenvalue weighted by Gasteiger charge is -2.17. The Labute approximate surface area is 125 Å². The summed E-state index contributed by atoms with van der Waals surface area (Å²) >= 11 is 0. The van der Waals surface area contributed by atoms with Gasteiger partial charge in [-0.15, -0.1) is 0 Å². The van der Waals surface area contributed by atoms with Gasteiger partial charge in [0.25, 0.3) is 0 Å². The largest absolute Gasteiger partial charge is 0.496 e. The number of anilines is 1. The average Bonchev–Trinajstić information content (AvgIpc) is 2.92. The average molecular weight is 289 g/mol. The molecule has 1 N–H and O–H groups in total. The van der Waals surface area contributed by atoms with Gasteiger partial charge in [0, 0.05) is 18.9 Å². The van der Waals surface area contributed by atoms with Gasteiger partial charge in [-0.05, 0) is 25.5 Å². The van der Waals surface area contributed by atoms with Crippen LogP contribution in [0.25, 0.3) is 0 Å². The zero-order valence-electron chi connectivity index (χ0n) is 13.1. The van der Waals surface area contributed by atoms with Gasteiger partial charge in [-0.1, -0.05) is 12.1 Å². The first-order valence-electron chi connectivity index (χ1n) is 7.06. The second kappa shape index (κ2) is 7.13. The minimum Gasteiger partial charge on any atom is -0.496 e. The van der Waals surface area contributed by atoms with Crippen molar-refractivity contribution in [2.45, 2.75) is 26.4 Å². The number of methoxy groups -OCH3 is 2. The van der Waals surface area contributed by atoms with Crippen LogP contribution in [0.15, 0.2) is 30.6 Å². The van der Waals surface area contributed by atoms with Crippen LogP contribution in [-0.2, 0) is 11.3 Å². The Balaban J connectivity index is 2.07. The Hall–Kier alpha value is -2.01. The van der Waals surface area contributed by atoms with Gasteiger partial charge in [-0.25, -0.2) is 0 Å². The number of hydrogen-bond acceptors (Lipinski definition) is 4. The lowest BCUT2D eigenvalue weighted by Crippen LogP contribution is -2.08. The van der Waals surface area contributed by atoms with Gasteiger partial charge in [0.2, 0.25) is 0 Å². The molecule has 114 valence electrons. The van der Waals surface area contributed by atoms with E-state index in [0.717, 1.165) is 23.5 Å². The summed E-state index contributed by atoms with van der Waals surface area (Å²) in [5.74, 6) is 0.904. The van der Waals surface area contributed by atoms with Gasteiger partial charge in [0.15, 0.2) is 0 Å². The van der Waals surface area contributed by atoms with Crippen molar-refractivity contribution in [3.05, 3.63) is 41.7 Å². The molecule has 1 aromatic heterocycles. The highest BCUT2D eigenvalue weighted by molar-refractivity contribution is 5.46. The van der Waals surface area contributed by atoms with Crippen LogP contribution < -0.4 is 10.1 Å². The van der Waals surface area contributed by atoms with Crippen molar-refractivity contribution in [3.63, 3.8) is 0 Å². The molecule has 1 heterocycles. The fourth-order valence-electron chi connectivity index (χ4n) is 2.25. The minimum atomic E-state index is 0.139. The minimum absolute atomic E-state index is 0.139. The molecular formula is C16H23N3O2. The SMILES string of the molecule is COCCn1cc(NC(C)c2ccc(C)cc2OC)cn1. The number of aryl methyl sites for hydroxylation is 1. The van der Waals surface area contributed by atoms with E-state index < -0.39 is 0 Å². The first kappa shape index (κ1) is 15.4. The third kappa shape index (κ3) is 3.98. The number of nitrogens with zero attached hydrogens (tertiary/aromatic N) is 2. The molecule has 21 heavy (non-hydrogen) atoms. The number of rotatable bonds is 7. The van der Waals surface area contributed by atoms with Gasteiger partial charge in [0.1, 0.15) is 5.75 Å². The fraction of sp³-hybridized carbons (Fsp3) is 0.438. The summed E-state index contributed by atoms with van der Waals surface area (Å²) in [4.78, 5) is 0. The summed E-state index contributed by atoms with van der Waals surface area (Å²) in [5, 5.41) is 7.75. The first-order chi connectivity index (χ1) is 10.1. The highest BCUT2D eigenvalue weighted by atomic mass is 16.5. The van der Waals surface area contributed by atoms with Crippen LogP contribution in [0.4, 0.5) is 5.69 Å². The van der Waals surface area contributed by atoms with Gasteiger partial charge in [0.05, 0.1) is 38.2 Å². The zero-order valence-corrected chi connectivity index (χ0v) is 13.1. The third-order valence-electron chi connectivity index (χ3n) is 3.40. The molecule has 0 aliphatic heterocycles. The van der Waals surface area contributed by atoms with E-state index in [-0.39, 0.29) is 6.04 Å². The Bertz CT molecular complexity index is 581. The normalized spacial score (nSPS) is 12.2. The van der Waals surface area contributed by atoms with Gasteiger partial charge in [-0.3, -0.25) is 4.68 Å². The Morgan fingerprint density at radius 1 is 1.33 bits per heavy atom. The van der Waals surface area contributed by atoms with E-state index in [0.29, 0.717) is 6.61 Å². The maximum atomic E-state index is 5.47. The number of benzene rings is 1. The monoisotopic (exact) mass is 289 g/mol. The summed E-state index contributed by atoms with van der Waals surface area (Å²) in [6, 6.07) is 6.38. The topological polar surface area (TPSA) is 48.3 Å². The Morgan fingerprint density at radius 2 is 2.14 bits per heavy atom. The lowest BCUT2D eigenvalue weighted by atomic mass is 10.0. The summed E-state index contributed by atoms with van der Waals surface area (Å²) in [6.07, 6.45) is 3.81. The maximum absolute atomic E-state index is 5.47. The molecule has 1 atom stereocenters. The van der Waals surface area contributed by atoms with E-state index in [1.165, 1.54) is 5.56 Å². The highest BCUT2D eigenvalue weighted by Crippen LogP contribution is 2.28. The molecule has 0 radical (unpaired) electrons. The molecule has 0 amide bonds. The van der Waals surface area contributed by atoms with Crippen molar-refractivity contribution in [2.24, 2.45) is 0 Å². The summed E-state index contributed by atoms with van der Waals surface area (Å²) in [6.45, 7) is 5.58. The van der Waals surface area contributed by atoms with Crippen LogP contribution in [0.2, 0.25) is 0 Å². The van der Waals surface area contributed by atoms with Crippen LogP contribution in [0.3, 0.4) is 0 Å². The van der Waals surface area contributed by atoms with Crippen molar-refractivity contribution in [2.75, 3.05) is 26.1 Å². The summed E-state index contributed by atoms with van der Waals surface area (Å²) in [7, 11) is 3.39. The summed E-state index contributed by atoms with van der Waals surface area (Å²) < 4.78 is 12.4.